The Bertz CT molecular complexity index is 593. The molecule has 0 spiro atoms. The number of carbonyl (C=O) groups excluding carboxylic acids is 3. The topological polar surface area (TPSA) is 66.5 Å². The fourth-order valence-corrected chi connectivity index (χ4v) is 3.25. The van der Waals surface area contributed by atoms with Crippen LogP contribution in [0.2, 0.25) is 0 Å². The zero-order valence-electron chi connectivity index (χ0n) is 12.4. The lowest BCUT2D eigenvalue weighted by Crippen LogP contribution is -2.35. The Morgan fingerprint density at radius 1 is 1.27 bits per heavy atom. The molecular weight excluding hydrogens is 300 g/mol. The molecule has 0 aromatic heterocycles. The molecule has 1 saturated carbocycles. The molecule has 0 bridgehead atoms. The van der Waals surface area contributed by atoms with Gasteiger partial charge < -0.3 is 5.32 Å². The summed E-state index contributed by atoms with van der Waals surface area (Å²) in [6, 6.07) is 7.22. The van der Waals surface area contributed by atoms with Crippen molar-refractivity contribution in [2.45, 2.75) is 31.1 Å². The number of hydrogen-bond acceptors (Lipinski definition) is 4. The molecule has 2 aliphatic rings. The first-order chi connectivity index (χ1) is 10.6. The summed E-state index contributed by atoms with van der Waals surface area (Å²) in [5, 5.41) is 2.79. The van der Waals surface area contributed by atoms with Crippen molar-refractivity contribution < 1.29 is 14.4 Å². The predicted octanol–water partition coefficient (Wildman–Crippen LogP) is 1.68. The second kappa shape index (κ2) is 6.12. The van der Waals surface area contributed by atoms with E-state index in [0.29, 0.717) is 29.5 Å². The number of hydrogen-bond donors (Lipinski definition) is 1. The number of thioether (sulfide) groups is 1. The number of nitrogens with one attached hydrogen (secondary N) is 1. The van der Waals surface area contributed by atoms with Crippen LogP contribution in [-0.2, 0) is 4.79 Å². The third kappa shape index (κ3) is 3.02. The van der Waals surface area contributed by atoms with Crippen molar-refractivity contribution in [3.05, 3.63) is 35.4 Å². The molecule has 1 N–H and O–H groups in total. The largest absolute Gasteiger partial charge is 0.352 e. The highest BCUT2D eigenvalue weighted by molar-refractivity contribution is 8.00. The van der Waals surface area contributed by atoms with Crippen LogP contribution in [0.5, 0.6) is 0 Å². The number of amides is 3. The van der Waals surface area contributed by atoms with Crippen molar-refractivity contribution in [3.8, 4) is 0 Å². The second-order valence-corrected chi connectivity index (χ2v) is 7.05. The normalized spacial score (nSPS) is 18.3. The average Bonchev–Trinajstić information content (AvgIpc) is 3.30. The summed E-state index contributed by atoms with van der Waals surface area (Å²) < 4.78 is 0. The van der Waals surface area contributed by atoms with Gasteiger partial charge >= 0.3 is 0 Å². The summed E-state index contributed by atoms with van der Waals surface area (Å²) in [6.07, 6.45) is 2.14. The van der Waals surface area contributed by atoms with E-state index in [0.717, 1.165) is 12.8 Å². The number of nitrogens with zero attached hydrogens (tertiary/aromatic N) is 1. The van der Waals surface area contributed by atoms with Gasteiger partial charge in [0.15, 0.2) is 0 Å². The van der Waals surface area contributed by atoms with Gasteiger partial charge in [0.05, 0.1) is 16.4 Å². The fraction of sp³-hybridized carbons (Fsp3) is 0.438. The Kier molecular flexibility index (Phi) is 4.20. The molecule has 5 nitrogen and oxygen atoms in total. The van der Waals surface area contributed by atoms with Gasteiger partial charge in [0, 0.05) is 18.3 Å². The minimum Gasteiger partial charge on any atom is -0.352 e. The maximum Gasteiger partial charge on any atom is 0.261 e. The molecular formula is C16H18N2O3S. The SMILES string of the molecule is CC(SCCN1C(=O)c2ccccc2C1=O)C(=O)NC1CC1. The van der Waals surface area contributed by atoms with Gasteiger partial charge in [0.1, 0.15) is 0 Å². The molecule has 6 heteroatoms. The van der Waals surface area contributed by atoms with Crippen LogP contribution in [0.3, 0.4) is 0 Å². The average molecular weight is 318 g/mol. The van der Waals surface area contributed by atoms with E-state index in [1.807, 2.05) is 6.92 Å². The van der Waals surface area contributed by atoms with Gasteiger partial charge in [-0.3, -0.25) is 19.3 Å². The third-order valence-corrected chi connectivity index (χ3v) is 4.99. The molecule has 1 aromatic rings. The molecule has 1 heterocycles. The van der Waals surface area contributed by atoms with Gasteiger partial charge in [0.25, 0.3) is 11.8 Å². The van der Waals surface area contributed by atoms with E-state index in [-0.39, 0.29) is 23.0 Å². The molecule has 0 radical (unpaired) electrons. The van der Waals surface area contributed by atoms with E-state index in [1.54, 1.807) is 24.3 Å². The fourth-order valence-electron chi connectivity index (χ4n) is 2.38. The van der Waals surface area contributed by atoms with Crippen LogP contribution in [0.15, 0.2) is 24.3 Å². The van der Waals surface area contributed by atoms with Gasteiger partial charge in [-0.05, 0) is 31.9 Å². The molecule has 1 unspecified atom stereocenters. The number of fused-ring (bicyclic) bond motifs is 1. The summed E-state index contributed by atoms with van der Waals surface area (Å²) in [7, 11) is 0. The second-order valence-electron chi connectivity index (χ2n) is 5.60. The van der Waals surface area contributed by atoms with E-state index in [1.165, 1.54) is 16.7 Å². The van der Waals surface area contributed by atoms with Crippen molar-refractivity contribution in [3.63, 3.8) is 0 Å². The predicted molar refractivity (Wildman–Crippen MR) is 84.9 cm³/mol. The number of imide groups is 1. The summed E-state index contributed by atoms with van der Waals surface area (Å²) in [6.45, 7) is 2.18. The molecule has 1 aliphatic heterocycles. The van der Waals surface area contributed by atoms with Crippen molar-refractivity contribution in [2.75, 3.05) is 12.3 Å². The van der Waals surface area contributed by atoms with Crippen LogP contribution >= 0.6 is 11.8 Å². The van der Waals surface area contributed by atoms with Crippen molar-refractivity contribution in [2.24, 2.45) is 0 Å². The maximum absolute atomic E-state index is 12.2. The molecule has 1 aromatic carbocycles. The molecule has 116 valence electrons. The van der Waals surface area contributed by atoms with Gasteiger partial charge in [-0.25, -0.2) is 0 Å². The Balaban J connectivity index is 1.51. The highest BCUT2D eigenvalue weighted by atomic mass is 32.2. The quantitative estimate of drug-likeness (QED) is 0.811. The van der Waals surface area contributed by atoms with E-state index >= 15 is 0 Å². The minimum atomic E-state index is -0.240. The third-order valence-electron chi connectivity index (χ3n) is 3.85. The standard InChI is InChI=1S/C16H18N2O3S/c1-10(14(19)17-11-6-7-11)22-9-8-18-15(20)12-4-2-3-5-13(12)16(18)21/h2-5,10-11H,6-9H2,1H3,(H,17,19). The first-order valence-corrected chi connectivity index (χ1v) is 8.50. The van der Waals surface area contributed by atoms with E-state index in [9.17, 15) is 14.4 Å². The van der Waals surface area contributed by atoms with Crippen LogP contribution in [-0.4, -0.2) is 46.2 Å². The zero-order chi connectivity index (χ0) is 15.7. The van der Waals surface area contributed by atoms with Crippen LogP contribution in [0.25, 0.3) is 0 Å². The van der Waals surface area contributed by atoms with E-state index < -0.39 is 0 Å². The highest BCUT2D eigenvalue weighted by Gasteiger charge is 2.34. The lowest BCUT2D eigenvalue weighted by atomic mass is 10.1. The van der Waals surface area contributed by atoms with Crippen molar-refractivity contribution in [1.29, 1.82) is 0 Å². The van der Waals surface area contributed by atoms with E-state index in [4.69, 9.17) is 0 Å². The molecule has 1 aliphatic carbocycles. The van der Waals surface area contributed by atoms with Gasteiger partial charge in [-0.2, -0.15) is 0 Å². The summed E-state index contributed by atoms with van der Waals surface area (Å²) in [4.78, 5) is 37.5. The summed E-state index contributed by atoms with van der Waals surface area (Å²) in [5.74, 6) is 0.118. The Labute approximate surface area is 133 Å². The minimum absolute atomic E-state index is 0.0369. The molecule has 3 amide bonds. The van der Waals surface area contributed by atoms with Gasteiger partial charge in [-0.15, -0.1) is 11.8 Å². The molecule has 0 saturated heterocycles. The number of rotatable bonds is 6. The number of carbonyl (C=O) groups is 3. The molecule has 1 atom stereocenters. The van der Waals surface area contributed by atoms with Crippen LogP contribution < -0.4 is 5.32 Å². The van der Waals surface area contributed by atoms with Crippen LogP contribution in [0.4, 0.5) is 0 Å². The van der Waals surface area contributed by atoms with Gasteiger partial charge in [-0.1, -0.05) is 12.1 Å². The Morgan fingerprint density at radius 2 is 1.86 bits per heavy atom. The maximum atomic E-state index is 12.2. The molecule has 3 rings (SSSR count). The van der Waals surface area contributed by atoms with Gasteiger partial charge in [0.2, 0.25) is 5.91 Å². The lowest BCUT2D eigenvalue weighted by Gasteiger charge is -2.15. The van der Waals surface area contributed by atoms with Crippen molar-refractivity contribution in [1.82, 2.24) is 10.2 Å². The van der Waals surface area contributed by atoms with Crippen LogP contribution in [0, 0.1) is 0 Å². The molecule has 1 fully saturated rings. The Hall–Kier alpha value is -1.82. The lowest BCUT2D eigenvalue weighted by molar-refractivity contribution is -0.120. The number of benzene rings is 1. The van der Waals surface area contributed by atoms with Crippen molar-refractivity contribution >= 4 is 29.5 Å². The van der Waals surface area contributed by atoms with Crippen LogP contribution in [0.1, 0.15) is 40.5 Å². The highest BCUT2D eigenvalue weighted by Crippen LogP contribution is 2.24. The first kappa shape index (κ1) is 15.1. The monoisotopic (exact) mass is 318 g/mol. The molecule has 22 heavy (non-hydrogen) atoms. The zero-order valence-corrected chi connectivity index (χ0v) is 13.2. The smallest absolute Gasteiger partial charge is 0.261 e. The summed E-state index contributed by atoms with van der Waals surface area (Å²) in [5.41, 5.74) is 0.939. The van der Waals surface area contributed by atoms with E-state index in [2.05, 4.69) is 5.32 Å². The Morgan fingerprint density at radius 3 is 2.41 bits per heavy atom. The first-order valence-electron chi connectivity index (χ1n) is 7.45. The summed E-state index contributed by atoms with van der Waals surface area (Å²) >= 11 is 1.47.